The quantitative estimate of drug-likeness (QED) is 0.550. The van der Waals surface area contributed by atoms with Crippen molar-refractivity contribution in [2.24, 2.45) is 17.8 Å². The number of carbonyl (C=O) groups excluding carboxylic acids is 1. The first-order valence-electron chi connectivity index (χ1n) is 10.9. The van der Waals surface area contributed by atoms with Crippen molar-refractivity contribution in [3.8, 4) is 0 Å². The Bertz CT molecular complexity index is 1220. The van der Waals surface area contributed by atoms with Gasteiger partial charge in [-0.1, -0.05) is 29.0 Å². The van der Waals surface area contributed by atoms with E-state index in [1.54, 1.807) is 35.0 Å². The molecular weight excluding hydrogens is 462 g/mol. The van der Waals surface area contributed by atoms with Crippen LogP contribution < -0.4 is 10.2 Å². The maximum Gasteiger partial charge on any atom is 0.308 e. The Morgan fingerprint density at radius 2 is 2.00 bits per heavy atom. The average Bonchev–Trinajstić information content (AvgIpc) is 3.49. The van der Waals surface area contributed by atoms with Gasteiger partial charge in [-0.3, -0.25) is 19.1 Å². The molecule has 32 heavy (non-hydrogen) atoms. The molecule has 0 radical (unpaired) electrons. The third kappa shape index (κ3) is 3.42. The van der Waals surface area contributed by atoms with Crippen molar-refractivity contribution in [2.45, 2.75) is 42.0 Å². The Morgan fingerprint density at radius 3 is 2.78 bits per heavy atom. The molecule has 1 aromatic carbocycles. The summed E-state index contributed by atoms with van der Waals surface area (Å²) in [6.45, 7) is 0.0194. The predicted molar refractivity (Wildman–Crippen MR) is 129 cm³/mol. The highest BCUT2D eigenvalue weighted by Gasteiger charge is 2.55. The molecule has 0 saturated heterocycles. The Balaban J connectivity index is 1.35. The number of nitrogens with one attached hydrogen (secondary N) is 1. The highest BCUT2D eigenvalue weighted by molar-refractivity contribution is 8.00. The fourth-order valence-electron chi connectivity index (χ4n) is 5.90. The second kappa shape index (κ2) is 8.04. The summed E-state index contributed by atoms with van der Waals surface area (Å²) < 4.78 is 1.68. The van der Waals surface area contributed by atoms with Gasteiger partial charge in [-0.2, -0.15) is 0 Å². The van der Waals surface area contributed by atoms with Gasteiger partial charge in [0.25, 0.3) is 0 Å². The van der Waals surface area contributed by atoms with Crippen LogP contribution in [0, 0.1) is 17.8 Å². The number of aromatic nitrogens is 2. The van der Waals surface area contributed by atoms with Gasteiger partial charge in [-0.05, 0) is 72.9 Å². The summed E-state index contributed by atoms with van der Waals surface area (Å²) in [5.74, 6) is 1.95. The second-order valence-electron chi connectivity index (χ2n) is 8.94. The first kappa shape index (κ1) is 20.5. The lowest BCUT2D eigenvalue weighted by Crippen LogP contribution is -2.34. The van der Waals surface area contributed by atoms with E-state index in [2.05, 4.69) is 16.4 Å². The van der Waals surface area contributed by atoms with Gasteiger partial charge in [0.15, 0.2) is 0 Å². The van der Waals surface area contributed by atoms with Crippen molar-refractivity contribution >= 4 is 46.3 Å². The van der Waals surface area contributed by atoms with E-state index in [4.69, 9.17) is 11.6 Å². The summed E-state index contributed by atoms with van der Waals surface area (Å²) in [5, 5.41) is 4.99. The van der Waals surface area contributed by atoms with E-state index in [-0.39, 0.29) is 23.2 Å². The highest BCUT2D eigenvalue weighted by atomic mass is 35.5. The van der Waals surface area contributed by atoms with Crippen molar-refractivity contribution in [2.75, 3.05) is 5.32 Å². The number of anilines is 1. The van der Waals surface area contributed by atoms with Gasteiger partial charge in [-0.25, -0.2) is 0 Å². The van der Waals surface area contributed by atoms with Crippen LogP contribution in [-0.4, -0.2) is 20.7 Å². The zero-order valence-corrected chi connectivity index (χ0v) is 19.6. The van der Waals surface area contributed by atoms with Crippen LogP contribution in [0.1, 0.15) is 35.6 Å². The van der Waals surface area contributed by atoms with Crippen molar-refractivity contribution in [3.63, 3.8) is 0 Å². The lowest BCUT2D eigenvalue weighted by molar-refractivity contribution is -0.116. The van der Waals surface area contributed by atoms with E-state index in [1.165, 1.54) is 36.2 Å². The standard InChI is InChI=1S/C24H22ClN3O2S2/c25-16-5-7-17(8-6-16)27-18(29)12-28-23-22(32-24(28)30)20(15-2-1-9-26-11-15)19-13-3-4-14(10-13)21(19)31-23/h1-2,5-9,11,13-14,19-21H,3-4,10,12H2,(H,27,29)/t13?,14?,19?,20-,21?/m0/s1. The number of halogens is 1. The van der Waals surface area contributed by atoms with E-state index in [9.17, 15) is 9.59 Å². The minimum absolute atomic E-state index is 0.0194. The number of hydrogen-bond donors (Lipinski definition) is 1. The van der Waals surface area contributed by atoms with Gasteiger partial charge >= 0.3 is 4.87 Å². The van der Waals surface area contributed by atoms with Crippen molar-refractivity contribution in [3.05, 3.63) is 73.9 Å². The second-order valence-corrected chi connectivity index (χ2v) is 11.5. The van der Waals surface area contributed by atoms with Gasteiger partial charge in [0.1, 0.15) is 6.54 Å². The predicted octanol–water partition coefficient (Wildman–Crippen LogP) is 5.25. The number of nitrogens with zero attached hydrogens (tertiary/aromatic N) is 2. The topological polar surface area (TPSA) is 64.0 Å². The number of benzene rings is 1. The maximum absolute atomic E-state index is 13.1. The number of amides is 1. The summed E-state index contributed by atoms with van der Waals surface area (Å²) in [4.78, 5) is 31.3. The zero-order valence-electron chi connectivity index (χ0n) is 17.2. The summed E-state index contributed by atoms with van der Waals surface area (Å²) in [5.41, 5.74) is 1.86. The molecule has 2 bridgehead atoms. The first-order chi connectivity index (χ1) is 15.6. The first-order valence-corrected chi connectivity index (χ1v) is 13.0. The fourth-order valence-corrected chi connectivity index (χ4v) is 9.17. The van der Waals surface area contributed by atoms with Gasteiger partial charge in [0, 0.05) is 39.1 Å². The van der Waals surface area contributed by atoms with Crippen LogP contribution in [-0.2, 0) is 11.3 Å². The Kier molecular flexibility index (Phi) is 5.16. The van der Waals surface area contributed by atoms with Gasteiger partial charge in [0.05, 0.1) is 5.03 Å². The van der Waals surface area contributed by atoms with Crippen LogP contribution in [0.4, 0.5) is 5.69 Å². The van der Waals surface area contributed by atoms with E-state index < -0.39 is 0 Å². The molecule has 6 rings (SSSR count). The zero-order chi connectivity index (χ0) is 21.8. The summed E-state index contributed by atoms with van der Waals surface area (Å²) in [7, 11) is 0. The number of fused-ring (bicyclic) bond motifs is 6. The number of carbonyl (C=O) groups is 1. The normalized spacial score (nSPS) is 27.7. The number of pyridine rings is 1. The minimum atomic E-state index is -0.205. The van der Waals surface area contributed by atoms with Crippen molar-refractivity contribution < 1.29 is 4.79 Å². The molecule has 2 fully saturated rings. The Morgan fingerprint density at radius 1 is 1.19 bits per heavy atom. The van der Waals surface area contributed by atoms with Crippen LogP contribution >= 0.6 is 34.7 Å². The van der Waals surface area contributed by atoms with Crippen LogP contribution in [0.2, 0.25) is 5.02 Å². The molecule has 5 atom stereocenters. The van der Waals surface area contributed by atoms with Crippen LogP contribution in [0.25, 0.3) is 0 Å². The molecule has 5 nitrogen and oxygen atoms in total. The molecule has 1 N–H and O–H groups in total. The van der Waals surface area contributed by atoms with Crippen molar-refractivity contribution in [1.29, 1.82) is 0 Å². The lowest BCUT2D eigenvalue weighted by atomic mass is 9.75. The number of thioether (sulfide) groups is 1. The molecule has 3 aromatic rings. The highest BCUT2D eigenvalue weighted by Crippen LogP contribution is 2.63. The molecule has 3 heterocycles. The molecule has 0 spiro atoms. The van der Waals surface area contributed by atoms with E-state index >= 15 is 0 Å². The fraction of sp³-hybridized carbons (Fsp3) is 0.375. The van der Waals surface area contributed by atoms with Crippen LogP contribution in [0.15, 0.2) is 58.6 Å². The average molecular weight is 484 g/mol. The lowest BCUT2D eigenvalue weighted by Gasteiger charge is -2.40. The number of hydrogen-bond acceptors (Lipinski definition) is 5. The molecule has 2 saturated carbocycles. The molecule has 2 aromatic heterocycles. The molecular formula is C24H22ClN3O2S2. The van der Waals surface area contributed by atoms with E-state index in [1.807, 2.05) is 24.0 Å². The largest absolute Gasteiger partial charge is 0.325 e. The van der Waals surface area contributed by atoms with E-state index in [0.717, 1.165) is 15.8 Å². The molecule has 8 heteroatoms. The van der Waals surface area contributed by atoms with Crippen LogP contribution in [0.5, 0.6) is 0 Å². The molecule has 2 aliphatic carbocycles. The molecule has 164 valence electrons. The molecule has 1 aliphatic heterocycles. The van der Waals surface area contributed by atoms with E-state index in [0.29, 0.717) is 27.8 Å². The summed E-state index contributed by atoms with van der Waals surface area (Å²) in [6, 6.07) is 11.1. The molecule has 1 amide bonds. The third-order valence-electron chi connectivity index (χ3n) is 7.16. The SMILES string of the molecule is O=C(Cn1c2c(sc1=O)[C@@H](c1cccnc1)C1C3CCC(C3)C1S2)Nc1ccc(Cl)cc1. The Labute approximate surface area is 199 Å². The smallest absolute Gasteiger partial charge is 0.308 e. The number of thiazole rings is 1. The third-order valence-corrected chi connectivity index (χ3v) is 10.2. The molecule has 4 unspecified atom stereocenters. The van der Waals surface area contributed by atoms with Gasteiger partial charge in [-0.15, -0.1) is 11.8 Å². The monoisotopic (exact) mass is 483 g/mol. The molecule has 3 aliphatic rings. The number of rotatable bonds is 4. The summed E-state index contributed by atoms with van der Waals surface area (Å²) in [6.07, 6.45) is 7.61. The van der Waals surface area contributed by atoms with Gasteiger partial charge < -0.3 is 5.32 Å². The van der Waals surface area contributed by atoms with Crippen molar-refractivity contribution in [1.82, 2.24) is 9.55 Å². The Hall–Kier alpha value is -2.09. The van der Waals surface area contributed by atoms with Gasteiger partial charge in [0.2, 0.25) is 5.91 Å². The van der Waals surface area contributed by atoms with Crippen LogP contribution in [0.3, 0.4) is 0 Å². The minimum Gasteiger partial charge on any atom is -0.325 e. The summed E-state index contributed by atoms with van der Waals surface area (Å²) >= 11 is 9.08. The maximum atomic E-state index is 13.1.